The Hall–Kier alpha value is -1.72. The number of anilines is 1. The Morgan fingerprint density at radius 2 is 2.32 bits per heavy atom. The maximum absolute atomic E-state index is 11.7. The van der Waals surface area contributed by atoms with Gasteiger partial charge in [-0.15, -0.1) is 11.3 Å². The molecule has 2 aromatic rings. The maximum Gasteiger partial charge on any atom is 0.231 e. The predicted octanol–water partition coefficient (Wildman–Crippen LogP) is 2.48. The van der Waals surface area contributed by atoms with Crippen LogP contribution in [0.5, 0.6) is 0 Å². The lowest BCUT2D eigenvalue weighted by molar-refractivity contribution is -0.117. The van der Waals surface area contributed by atoms with E-state index in [1.54, 1.807) is 23.3 Å². The Bertz CT molecular complexity index is 636. The van der Waals surface area contributed by atoms with E-state index >= 15 is 0 Å². The molecule has 1 amide bonds. The summed E-state index contributed by atoms with van der Waals surface area (Å²) in [4.78, 5) is 17.9. The molecule has 0 aliphatic carbocycles. The molecule has 98 valence electrons. The normalized spacial score (nSPS) is 14.0. The Morgan fingerprint density at radius 1 is 1.47 bits per heavy atom. The molecule has 0 spiro atoms. The summed E-state index contributed by atoms with van der Waals surface area (Å²) in [6.07, 6.45) is 0.481. The van der Waals surface area contributed by atoms with Crippen LogP contribution in [0, 0.1) is 0 Å². The number of carbonyl (C=O) groups is 1. The second kappa shape index (κ2) is 4.75. The zero-order valence-corrected chi connectivity index (χ0v) is 11.7. The van der Waals surface area contributed by atoms with Crippen LogP contribution in [0.2, 0.25) is 0 Å². The average Bonchev–Trinajstić information content (AvgIpc) is 2.96. The SMILES string of the molecule is COCc1nc(-c2ccc3c(c2)CC(=O)N3C)cs1. The minimum absolute atomic E-state index is 0.144. The molecule has 2 heterocycles. The molecule has 0 saturated heterocycles. The van der Waals surface area contributed by atoms with Crippen molar-refractivity contribution in [1.29, 1.82) is 0 Å². The molecule has 0 unspecified atom stereocenters. The highest BCUT2D eigenvalue weighted by molar-refractivity contribution is 7.09. The zero-order valence-electron chi connectivity index (χ0n) is 10.8. The monoisotopic (exact) mass is 274 g/mol. The van der Waals surface area contributed by atoms with E-state index in [0.29, 0.717) is 13.0 Å². The molecular weight excluding hydrogens is 260 g/mol. The van der Waals surface area contributed by atoms with E-state index in [0.717, 1.165) is 27.5 Å². The number of likely N-dealkylation sites (N-methyl/N-ethyl adjacent to an activating group) is 1. The first kappa shape index (κ1) is 12.3. The zero-order chi connectivity index (χ0) is 13.4. The molecule has 0 N–H and O–H groups in total. The number of rotatable bonds is 3. The summed E-state index contributed by atoms with van der Waals surface area (Å²) in [5, 5.41) is 2.99. The van der Waals surface area contributed by atoms with Gasteiger partial charge in [0.25, 0.3) is 0 Å². The highest BCUT2D eigenvalue weighted by Gasteiger charge is 2.24. The first-order chi connectivity index (χ1) is 9.19. The Kier molecular flexibility index (Phi) is 3.08. The molecule has 5 heteroatoms. The number of benzene rings is 1. The fraction of sp³-hybridized carbons (Fsp3) is 0.286. The van der Waals surface area contributed by atoms with Crippen LogP contribution in [0.1, 0.15) is 10.6 Å². The van der Waals surface area contributed by atoms with Gasteiger partial charge in [0.2, 0.25) is 5.91 Å². The van der Waals surface area contributed by atoms with Gasteiger partial charge >= 0.3 is 0 Å². The number of aromatic nitrogens is 1. The van der Waals surface area contributed by atoms with E-state index in [9.17, 15) is 4.79 Å². The number of nitrogens with zero attached hydrogens (tertiary/aromatic N) is 2. The van der Waals surface area contributed by atoms with Crippen molar-refractivity contribution in [1.82, 2.24) is 4.98 Å². The summed E-state index contributed by atoms with van der Waals surface area (Å²) in [5.41, 5.74) is 4.08. The number of amides is 1. The number of hydrogen-bond acceptors (Lipinski definition) is 4. The molecule has 0 atom stereocenters. The Balaban J connectivity index is 1.94. The molecular formula is C14H14N2O2S. The number of carbonyl (C=O) groups excluding carboxylic acids is 1. The lowest BCUT2D eigenvalue weighted by Gasteiger charge is -2.09. The van der Waals surface area contributed by atoms with Gasteiger partial charge in [0, 0.05) is 30.8 Å². The van der Waals surface area contributed by atoms with Gasteiger partial charge in [0.1, 0.15) is 5.01 Å². The standard InChI is InChI=1S/C14H14N2O2S/c1-16-12-4-3-9(5-10(12)6-14(16)17)11-8-19-13(15-11)7-18-2/h3-5,8H,6-7H2,1-2H3. The van der Waals surface area contributed by atoms with Crippen molar-refractivity contribution in [3.8, 4) is 11.3 Å². The van der Waals surface area contributed by atoms with Crippen LogP contribution in [0.25, 0.3) is 11.3 Å². The lowest BCUT2D eigenvalue weighted by Crippen LogP contribution is -2.20. The third-order valence-corrected chi connectivity index (χ3v) is 4.09. The van der Waals surface area contributed by atoms with Crippen molar-refractivity contribution in [2.45, 2.75) is 13.0 Å². The number of hydrogen-bond donors (Lipinski definition) is 0. The molecule has 0 radical (unpaired) electrons. The van der Waals surface area contributed by atoms with Crippen molar-refractivity contribution in [2.75, 3.05) is 19.1 Å². The molecule has 4 nitrogen and oxygen atoms in total. The second-order valence-corrected chi connectivity index (χ2v) is 5.48. The van der Waals surface area contributed by atoms with Crippen molar-refractivity contribution < 1.29 is 9.53 Å². The summed E-state index contributed by atoms with van der Waals surface area (Å²) in [7, 11) is 3.48. The van der Waals surface area contributed by atoms with E-state index in [2.05, 4.69) is 11.1 Å². The van der Waals surface area contributed by atoms with E-state index in [1.807, 2.05) is 24.6 Å². The van der Waals surface area contributed by atoms with E-state index in [1.165, 1.54) is 0 Å². The summed E-state index contributed by atoms with van der Waals surface area (Å²) in [6.45, 7) is 0.539. The van der Waals surface area contributed by atoms with Gasteiger partial charge in [-0.2, -0.15) is 0 Å². The van der Waals surface area contributed by atoms with Crippen LogP contribution in [-0.2, 0) is 22.6 Å². The quantitative estimate of drug-likeness (QED) is 0.863. The second-order valence-electron chi connectivity index (χ2n) is 4.53. The number of methoxy groups -OCH3 is 1. The minimum atomic E-state index is 0.144. The number of thiazole rings is 1. The molecule has 19 heavy (non-hydrogen) atoms. The van der Waals surface area contributed by atoms with Crippen molar-refractivity contribution in [3.05, 3.63) is 34.2 Å². The summed E-state index contributed by atoms with van der Waals surface area (Å²) < 4.78 is 5.08. The van der Waals surface area contributed by atoms with Gasteiger partial charge in [0.15, 0.2) is 0 Å². The fourth-order valence-electron chi connectivity index (χ4n) is 2.26. The Morgan fingerprint density at radius 3 is 3.11 bits per heavy atom. The van der Waals surface area contributed by atoms with Crippen LogP contribution in [0.4, 0.5) is 5.69 Å². The molecule has 1 aromatic carbocycles. The van der Waals surface area contributed by atoms with Gasteiger partial charge in [-0.3, -0.25) is 4.79 Å². The molecule has 1 aliphatic rings. The van der Waals surface area contributed by atoms with Crippen LogP contribution >= 0.6 is 11.3 Å². The first-order valence-electron chi connectivity index (χ1n) is 6.02. The van der Waals surface area contributed by atoms with Crippen LogP contribution in [0.3, 0.4) is 0 Å². The van der Waals surface area contributed by atoms with Gasteiger partial charge < -0.3 is 9.64 Å². The molecule has 0 fully saturated rings. The largest absolute Gasteiger partial charge is 0.378 e. The summed E-state index contributed by atoms with van der Waals surface area (Å²) in [5.74, 6) is 0.144. The summed E-state index contributed by atoms with van der Waals surface area (Å²) in [6, 6.07) is 6.06. The third-order valence-electron chi connectivity index (χ3n) is 3.27. The number of ether oxygens (including phenoxy) is 1. The van der Waals surface area contributed by atoms with Crippen molar-refractivity contribution >= 4 is 22.9 Å². The molecule has 1 aliphatic heterocycles. The van der Waals surface area contributed by atoms with Crippen molar-refractivity contribution in [3.63, 3.8) is 0 Å². The number of fused-ring (bicyclic) bond motifs is 1. The van der Waals surface area contributed by atoms with Crippen molar-refractivity contribution in [2.24, 2.45) is 0 Å². The van der Waals surface area contributed by atoms with Crippen LogP contribution in [0.15, 0.2) is 23.6 Å². The first-order valence-corrected chi connectivity index (χ1v) is 6.90. The topological polar surface area (TPSA) is 42.4 Å². The van der Waals surface area contributed by atoms with Crippen LogP contribution < -0.4 is 4.90 Å². The molecule has 0 saturated carbocycles. The smallest absolute Gasteiger partial charge is 0.231 e. The van der Waals surface area contributed by atoms with Gasteiger partial charge in [0.05, 0.1) is 18.7 Å². The van der Waals surface area contributed by atoms with Gasteiger partial charge in [-0.05, 0) is 17.7 Å². The predicted molar refractivity (Wildman–Crippen MR) is 75.4 cm³/mol. The Labute approximate surface area is 115 Å². The lowest BCUT2D eigenvalue weighted by atomic mass is 10.1. The van der Waals surface area contributed by atoms with E-state index < -0.39 is 0 Å². The molecule has 3 rings (SSSR count). The van der Waals surface area contributed by atoms with Gasteiger partial charge in [-0.25, -0.2) is 4.98 Å². The average molecular weight is 274 g/mol. The van der Waals surface area contributed by atoms with E-state index in [4.69, 9.17) is 4.74 Å². The fourth-order valence-corrected chi connectivity index (χ4v) is 3.04. The molecule has 1 aromatic heterocycles. The minimum Gasteiger partial charge on any atom is -0.378 e. The highest BCUT2D eigenvalue weighted by Crippen LogP contribution is 2.32. The maximum atomic E-state index is 11.7. The van der Waals surface area contributed by atoms with E-state index in [-0.39, 0.29) is 5.91 Å². The highest BCUT2D eigenvalue weighted by atomic mass is 32.1. The summed E-state index contributed by atoms with van der Waals surface area (Å²) >= 11 is 1.59. The van der Waals surface area contributed by atoms with Crippen LogP contribution in [-0.4, -0.2) is 25.0 Å². The molecule has 0 bridgehead atoms. The third kappa shape index (κ3) is 2.15. The van der Waals surface area contributed by atoms with Gasteiger partial charge in [-0.1, -0.05) is 6.07 Å².